The van der Waals surface area contributed by atoms with Crippen molar-refractivity contribution >= 4 is 33.7 Å². The first kappa shape index (κ1) is 18.3. The molecule has 7 heteroatoms. The molecule has 2 atom stereocenters. The highest BCUT2D eigenvalue weighted by atomic mass is 79.9. The van der Waals surface area contributed by atoms with E-state index >= 15 is 0 Å². The molecule has 4 rings (SSSR count). The SMILES string of the molecule is C[C@@H]1C[C@H](Sc2nnc(-c3ccccc3Br)n2Cc2ccccc2)C(=O)O1. The summed E-state index contributed by atoms with van der Waals surface area (Å²) in [5.74, 6) is 0.595. The number of thioether (sulfide) groups is 1. The molecular weight excluding hydrogens is 426 g/mol. The number of rotatable bonds is 5. The highest BCUT2D eigenvalue weighted by Crippen LogP contribution is 2.35. The minimum Gasteiger partial charge on any atom is -0.462 e. The van der Waals surface area contributed by atoms with Gasteiger partial charge in [0.15, 0.2) is 11.0 Å². The van der Waals surface area contributed by atoms with Crippen LogP contribution in [0, 0.1) is 0 Å². The molecule has 1 fully saturated rings. The number of cyclic esters (lactones) is 1. The molecule has 0 N–H and O–H groups in total. The topological polar surface area (TPSA) is 57.0 Å². The Hall–Kier alpha value is -2.12. The second-order valence-electron chi connectivity index (χ2n) is 6.45. The molecular formula is C20H18BrN3O2S. The van der Waals surface area contributed by atoms with Crippen LogP contribution in [0.15, 0.2) is 64.2 Å². The van der Waals surface area contributed by atoms with Gasteiger partial charge in [-0.15, -0.1) is 10.2 Å². The predicted octanol–water partition coefficient (Wildman–Crippen LogP) is 4.55. The van der Waals surface area contributed by atoms with Gasteiger partial charge in [-0.1, -0.05) is 76.2 Å². The Morgan fingerprint density at radius 1 is 1.15 bits per heavy atom. The van der Waals surface area contributed by atoms with E-state index in [-0.39, 0.29) is 17.3 Å². The van der Waals surface area contributed by atoms with Crippen LogP contribution < -0.4 is 0 Å². The van der Waals surface area contributed by atoms with Crippen molar-refractivity contribution in [2.24, 2.45) is 0 Å². The molecule has 0 radical (unpaired) electrons. The third-order valence-electron chi connectivity index (χ3n) is 4.39. The van der Waals surface area contributed by atoms with Crippen molar-refractivity contribution in [3.63, 3.8) is 0 Å². The van der Waals surface area contributed by atoms with Crippen molar-refractivity contribution in [1.82, 2.24) is 14.8 Å². The molecule has 27 heavy (non-hydrogen) atoms. The van der Waals surface area contributed by atoms with Crippen LogP contribution in [0.25, 0.3) is 11.4 Å². The van der Waals surface area contributed by atoms with E-state index in [0.29, 0.717) is 13.0 Å². The van der Waals surface area contributed by atoms with Crippen LogP contribution in [0.5, 0.6) is 0 Å². The van der Waals surface area contributed by atoms with Crippen molar-refractivity contribution in [1.29, 1.82) is 0 Å². The zero-order valence-electron chi connectivity index (χ0n) is 14.7. The van der Waals surface area contributed by atoms with Crippen LogP contribution in [0.4, 0.5) is 0 Å². The Morgan fingerprint density at radius 2 is 1.89 bits per heavy atom. The summed E-state index contributed by atoms with van der Waals surface area (Å²) in [7, 11) is 0. The smallest absolute Gasteiger partial charge is 0.319 e. The lowest BCUT2D eigenvalue weighted by Gasteiger charge is -2.12. The Kier molecular flexibility index (Phi) is 5.31. The average molecular weight is 444 g/mol. The van der Waals surface area contributed by atoms with Gasteiger partial charge in [0, 0.05) is 16.5 Å². The number of ether oxygens (including phenoxy) is 1. The van der Waals surface area contributed by atoms with Gasteiger partial charge in [-0.25, -0.2) is 0 Å². The number of hydrogen-bond donors (Lipinski definition) is 0. The summed E-state index contributed by atoms with van der Waals surface area (Å²) >= 11 is 5.04. The second kappa shape index (κ2) is 7.86. The summed E-state index contributed by atoms with van der Waals surface area (Å²) in [5.41, 5.74) is 2.12. The van der Waals surface area contributed by atoms with E-state index in [0.717, 1.165) is 26.6 Å². The van der Waals surface area contributed by atoms with Crippen LogP contribution >= 0.6 is 27.7 Å². The van der Waals surface area contributed by atoms with Gasteiger partial charge in [-0.2, -0.15) is 0 Å². The lowest BCUT2D eigenvalue weighted by Crippen LogP contribution is -2.12. The monoisotopic (exact) mass is 443 g/mol. The minimum atomic E-state index is -0.245. The van der Waals surface area contributed by atoms with Gasteiger partial charge in [-0.3, -0.25) is 9.36 Å². The first-order valence-electron chi connectivity index (χ1n) is 8.71. The molecule has 1 aliphatic rings. The molecule has 0 saturated carbocycles. The minimum absolute atomic E-state index is 0.0526. The molecule has 0 bridgehead atoms. The maximum Gasteiger partial charge on any atom is 0.319 e. The van der Waals surface area contributed by atoms with Crippen LogP contribution in [0.2, 0.25) is 0 Å². The number of halogens is 1. The zero-order valence-corrected chi connectivity index (χ0v) is 17.1. The van der Waals surface area contributed by atoms with Gasteiger partial charge in [-0.05, 0) is 18.6 Å². The second-order valence-corrected chi connectivity index (χ2v) is 8.47. The molecule has 0 unspecified atom stereocenters. The van der Waals surface area contributed by atoms with Crippen molar-refractivity contribution in [2.45, 2.75) is 36.4 Å². The van der Waals surface area contributed by atoms with Gasteiger partial charge >= 0.3 is 5.97 Å². The standard InChI is InChI=1S/C20H18BrN3O2S/c1-13-11-17(19(25)26-13)27-20-23-22-18(15-9-5-6-10-16(15)21)24(20)12-14-7-3-2-4-8-14/h2-10,13,17H,11-12H2,1H3/t13-,17+/m1/s1. The van der Waals surface area contributed by atoms with E-state index in [1.54, 1.807) is 0 Å². The molecule has 0 aliphatic carbocycles. The molecule has 0 amide bonds. The van der Waals surface area contributed by atoms with Crippen LogP contribution in [-0.2, 0) is 16.1 Å². The first-order valence-corrected chi connectivity index (χ1v) is 10.4. The van der Waals surface area contributed by atoms with Gasteiger partial charge < -0.3 is 4.74 Å². The van der Waals surface area contributed by atoms with Gasteiger partial charge in [0.1, 0.15) is 11.4 Å². The summed E-state index contributed by atoms with van der Waals surface area (Å²) < 4.78 is 8.31. The van der Waals surface area contributed by atoms with E-state index in [4.69, 9.17) is 4.74 Å². The van der Waals surface area contributed by atoms with E-state index in [2.05, 4.69) is 42.8 Å². The summed E-state index contributed by atoms with van der Waals surface area (Å²) in [4.78, 5) is 12.1. The summed E-state index contributed by atoms with van der Waals surface area (Å²) in [6.45, 7) is 2.55. The number of esters is 1. The van der Waals surface area contributed by atoms with E-state index in [1.165, 1.54) is 11.8 Å². The van der Waals surface area contributed by atoms with Crippen LogP contribution in [0.3, 0.4) is 0 Å². The number of carbonyl (C=O) groups is 1. The van der Waals surface area contributed by atoms with E-state index < -0.39 is 0 Å². The third-order valence-corrected chi connectivity index (χ3v) is 6.26. The van der Waals surface area contributed by atoms with Gasteiger partial charge in [0.05, 0.1) is 6.54 Å². The fraction of sp³-hybridized carbons (Fsp3) is 0.250. The maximum absolute atomic E-state index is 12.1. The van der Waals surface area contributed by atoms with Crippen molar-refractivity contribution in [2.75, 3.05) is 0 Å². The first-order chi connectivity index (χ1) is 13.1. The van der Waals surface area contributed by atoms with Gasteiger partial charge in [0.25, 0.3) is 0 Å². The normalized spacial score (nSPS) is 19.3. The lowest BCUT2D eigenvalue weighted by atomic mass is 10.2. The molecule has 2 aromatic carbocycles. The van der Waals surface area contributed by atoms with Crippen molar-refractivity contribution in [3.05, 3.63) is 64.6 Å². The van der Waals surface area contributed by atoms with Gasteiger partial charge in [0.2, 0.25) is 0 Å². The van der Waals surface area contributed by atoms with Crippen molar-refractivity contribution in [3.8, 4) is 11.4 Å². The Morgan fingerprint density at radius 3 is 2.59 bits per heavy atom. The quantitative estimate of drug-likeness (QED) is 0.541. The van der Waals surface area contributed by atoms with Crippen LogP contribution in [0.1, 0.15) is 18.9 Å². The zero-order chi connectivity index (χ0) is 18.8. The average Bonchev–Trinajstić information content (AvgIpc) is 3.19. The molecule has 1 saturated heterocycles. The largest absolute Gasteiger partial charge is 0.462 e. The molecule has 2 heterocycles. The molecule has 5 nitrogen and oxygen atoms in total. The number of aromatic nitrogens is 3. The number of hydrogen-bond acceptors (Lipinski definition) is 5. The fourth-order valence-corrected chi connectivity index (χ4v) is 4.67. The Bertz CT molecular complexity index is 961. The van der Waals surface area contributed by atoms with Crippen LogP contribution in [-0.4, -0.2) is 32.1 Å². The molecule has 138 valence electrons. The van der Waals surface area contributed by atoms with E-state index in [1.807, 2.05) is 49.4 Å². The maximum atomic E-state index is 12.1. The number of nitrogens with zero attached hydrogens (tertiary/aromatic N) is 3. The highest BCUT2D eigenvalue weighted by molar-refractivity contribution is 9.10. The number of carbonyl (C=O) groups excluding carboxylic acids is 1. The Balaban J connectivity index is 1.73. The molecule has 0 spiro atoms. The molecule has 1 aromatic heterocycles. The molecule has 1 aliphatic heterocycles. The lowest BCUT2D eigenvalue weighted by molar-refractivity contribution is -0.140. The number of benzene rings is 2. The van der Waals surface area contributed by atoms with Crippen molar-refractivity contribution < 1.29 is 9.53 Å². The molecule has 3 aromatic rings. The fourth-order valence-electron chi connectivity index (χ4n) is 3.07. The summed E-state index contributed by atoms with van der Waals surface area (Å²) in [6.07, 6.45) is 0.634. The predicted molar refractivity (Wildman–Crippen MR) is 109 cm³/mol. The highest BCUT2D eigenvalue weighted by Gasteiger charge is 2.34. The summed E-state index contributed by atoms with van der Waals surface area (Å²) in [5, 5.41) is 9.32. The third kappa shape index (κ3) is 3.94. The van der Waals surface area contributed by atoms with E-state index in [9.17, 15) is 4.79 Å². The Labute approximate surface area is 170 Å². The summed E-state index contributed by atoms with van der Waals surface area (Å²) in [6, 6.07) is 18.1.